The second-order valence-electron chi connectivity index (χ2n) is 6.69. The van der Waals surface area contributed by atoms with E-state index in [0.29, 0.717) is 35.7 Å². The molecule has 6 nitrogen and oxygen atoms in total. The highest BCUT2D eigenvalue weighted by atomic mass is 79.9. The quantitative estimate of drug-likeness (QED) is 0.466. The summed E-state index contributed by atoms with van der Waals surface area (Å²) in [5.74, 6) is -1.13. The lowest BCUT2D eigenvalue weighted by atomic mass is 9.79. The number of ether oxygens (including phenoxy) is 2. The van der Waals surface area contributed by atoms with Crippen LogP contribution in [-0.4, -0.2) is 38.6 Å². The Morgan fingerprint density at radius 1 is 1.31 bits per heavy atom. The van der Waals surface area contributed by atoms with E-state index in [9.17, 15) is 9.59 Å². The van der Waals surface area contributed by atoms with Gasteiger partial charge in [-0.3, -0.25) is 4.79 Å². The van der Waals surface area contributed by atoms with Crippen LogP contribution in [0.3, 0.4) is 0 Å². The molecular weight excluding hydrogens is 456 g/mol. The van der Waals surface area contributed by atoms with Crippen molar-refractivity contribution in [3.63, 3.8) is 0 Å². The molecule has 0 bridgehead atoms. The fourth-order valence-corrected chi connectivity index (χ4v) is 5.31. The molecule has 0 saturated carbocycles. The first-order chi connectivity index (χ1) is 13.9. The predicted molar refractivity (Wildman–Crippen MR) is 118 cm³/mol. The van der Waals surface area contributed by atoms with Gasteiger partial charge in [-0.1, -0.05) is 12.1 Å². The lowest BCUT2D eigenvalue weighted by molar-refractivity contribution is -0.136. The van der Waals surface area contributed by atoms with Crippen LogP contribution in [0.2, 0.25) is 0 Å². The van der Waals surface area contributed by atoms with Crippen LogP contribution in [0.4, 0.5) is 0 Å². The molecule has 8 heteroatoms. The zero-order valence-corrected chi connectivity index (χ0v) is 18.9. The van der Waals surface area contributed by atoms with Gasteiger partial charge >= 0.3 is 5.97 Å². The molecule has 0 saturated heterocycles. The number of methoxy groups -OCH3 is 1. The molecule has 3 N–H and O–H groups in total. The van der Waals surface area contributed by atoms with Gasteiger partial charge in [-0.2, -0.15) is 0 Å². The summed E-state index contributed by atoms with van der Waals surface area (Å²) in [7, 11) is 1.34. The number of dihydropyridines is 1. The summed E-state index contributed by atoms with van der Waals surface area (Å²) in [5, 5.41) is 6.18. The smallest absolute Gasteiger partial charge is 0.336 e. The van der Waals surface area contributed by atoms with E-state index in [-0.39, 0.29) is 12.4 Å². The van der Waals surface area contributed by atoms with Gasteiger partial charge in [0.15, 0.2) is 5.78 Å². The van der Waals surface area contributed by atoms with Crippen LogP contribution in [0.15, 0.2) is 50.6 Å². The van der Waals surface area contributed by atoms with Crippen molar-refractivity contribution >= 4 is 49.1 Å². The van der Waals surface area contributed by atoms with Crippen molar-refractivity contribution in [2.75, 3.05) is 26.9 Å². The highest BCUT2D eigenvalue weighted by molar-refractivity contribution is 9.10. The summed E-state index contributed by atoms with van der Waals surface area (Å²) in [4.78, 5) is 25.5. The maximum absolute atomic E-state index is 12.9. The highest BCUT2D eigenvalue weighted by Crippen LogP contribution is 2.45. The first-order valence-electron chi connectivity index (χ1n) is 9.14. The van der Waals surface area contributed by atoms with Gasteiger partial charge in [-0.25, -0.2) is 4.79 Å². The van der Waals surface area contributed by atoms with Gasteiger partial charge < -0.3 is 20.5 Å². The van der Waals surface area contributed by atoms with Crippen LogP contribution in [0.5, 0.6) is 0 Å². The zero-order valence-electron chi connectivity index (χ0n) is 16.5. The average Bonchev–Trinajstić information content (AvgIpc) is 3.12. The second-order valence-corrected chi connectivity index (χ2v) is 8.42. The summed E-state index contributed by atoms with van der Waals surface area (Å²) < 4.78 is 12.7. The largest absolute Gasteiger partial charge is 0.466 e. The van der Waals surface area contributed by atoms with Crippen LogP contribution in [0.25, 0.3) is 10.1 Å². The van der Waals surface area contributed by atoms with Crippen molar-refractivity contribution in [1.29, 1.82) is 0 Å². The molecular formula is C21H23BrN2O4S. The van der Waals surface area contributed by atoms with Crippen molar-refractivity contribution in [3.05, 3.63) is 56.2 Å². The Hall–Kier alpha value is -2.00. The van der Waals surface area contributed by atoms with Crippen molar-refractivity contribution in [3.8, 4) is 0 Å². The summed E-state index contributed by atoms with van der Waals surface area (Å²) in [6.07, 6.45) is 0. The minimum atomic E-state index is -0.541. The number of hydrogen-bond acceptors (Lipinski definition) is 7. The van der Waals surface area contributed by atoms with Crippen LogP contribution in [0.1, 0.15) is 25.3 Å². The molecule has 1 aliphatic rings. The third-order valence-electron chi connectivity index (χ3n) is 4.83. The number of esters is 1. The van der Waals surface area contributed by atoms with Crippen LogP contribution in [-0.2, 0) is 19.1 Å². The molecule has 0 fully saturated rings. The number of nitrogens with one attached hydrogen (secondary N) is 1. The van der Waals surface area contributed by atoms with Gasteiger partial charge in [-0.05, 0) is 52.2 Å². The maximum Gasteiger partial charge on any atom is 0.336 e. The molecule has 2 aromatic rings. The van der Waals surface area contributed by atoms with E-state index in [1.165, 1.54) is 14.0 Å². The van der Waals surface area contributed by atoms with Crippen molar-refractivity contribution in [2.24, 2.45) is 5.73 Å². The average molecular weight is 479 g/mol. The number of carbonyl (C=O) groups is 2. The Morgan fingerprint density at radius 2 is 2.07 bits per heavy atom. The standard InChI is InChI=1S/C21H23BrN2O4S/c1-11-17(12(2)25)18(14-10-29-20-13(14)5-4-6-15(20)22)19(21(26)27-3)16(24-11)9-28-8-7-23/h4-6,10,18,24H,7-9,23H2,1-3H3. The number of allylic oxidation sites excluding steroid dienone is 2. The van der Waals surface area contributed by atoms with Gasteiger partial charge in [0.1, 0.15) is 0 Å². The molecule has 1 unspecified atom stereocenters. The maximum atomic E-state index is 12.9. The molecule has 0 amide bonds. The van der Waals surface area contributed by atoms with E-state index in [1.807, 2.05) is 30.5 Å². The number of ketones is 1. The van der Waals surface area contributed by atoms with E-state index in [4.69, 9.17) is 15.2 Å². The van der Waals surface area contributed by atoms with Gasteiger partial charge in [-0.15, -0.1) is 11.3 Å². The minimum Gasteiger partial charge on any atom is -0.466 e. The van der Waals surface area contributed by atoms with E-state index in [0.717, 1.165) is 20.1 Å². The molecule has 3 rings (SSSR count). The van der Waals surface area contributed by atoms with E-state index < -0.39 is 11.9 Å². The number of nitrogens with two attached hydrogens (primary N) is 1. The number of halogens is 1. The molecule has 1 atom stereocenters. The van der Waals surface area contributed by atoms with Crippen LogP contribution in [0, 0.1) is 0 Å². The number of rotatable bonds is 7. The third kappa shape index (κ3) is 4.16. The number of hydrogen-bond donors (Lipinski definition) is 2. The van der Waals surface area contributed by atoms with Gasteiger partial charge in [0, 0.05) is 32.9 Å². The molecule has 1 aromatic heterocycles. The normalized spacial score (nSPS) is 16.9. The summed E-state index contributed by atoms with van der Waals surface area (Å²) in [6, 6.07) is 5.92. The third-order valence-corrected chi connectivity index (χ3v) is 6.80. The molecule has 0 aliphatic carbocycles. The van der Waals surface area contributed by atoms with E-state index >= 15 is 0 Å². The summed E-state index contributed by atoms with van der Waals surface area (Å²) in [5.41, 5.74) is 8.65. The SMILES string of the molecule is COC(=O)C1=C(COCCN)NC(C)=C(C(C)=O)C1c1csc2c(Br)cccc12. The van der Waals surface area contributed by atoms with E-state index in [2.05, 4.69) is 21.2 Å². The van der Waals surface area contributed by atoms with E-state index in [1.54, 1.807) is 11.3 Å². The van der Waals surface area contributed by atoms with Crippen molar-refractivity contribution in [1.82, 2.24) is 5.32 Å². The molecule has 1 aromatic carbocycles. The van der Waals surface area contributed by atoms with Gasteiger partial charge in [0.25, 0.3) is 0 Å². The Kier molecular flexibility index (Phi) is 6.89. The summed E-state index contributed by atoms with van der Waals surface area (Å²) in [6.45, 7) is 4.27. The number of fused-ring (bicyclic) bond motifs is 1. The highest BCUT2D eigenvalue weighted by Gasteiger charge is 2.38. The first-order valence-corrected chi connectivity index (χ1v) is 10.8. The number of benzene rings is 1. The first kappa shape index (κ1) is 21.7. The number of carbonyl (C=O) groups excluding carboxylic acids is 2. The fourth-order valence-electron chi connectivity index (χ4n) is 3.66. The predicted octanol–water partition coefficient (Wildman–Crippen LogP) is 3.62. The number of thiophene rings is 1. The molecule has 29 heavy (non-hydrogen) atoms. The number of Topliss-reactive ketones (excluding diaryl/α,β-unsaturated/α-hetero) is 1. The lowest BCUT2D eigenvalue weighted by Crippen LogP contribution is -2.33. The zero-order chi connectivity index (χ0) is 21.1. The second kappa shape index (κ2) is 9.21. The Labute approximate surface area is 181 Å². The Balaban J connectivity index is 2.24. The van der Waals surface area contributed by atoms with Gasteiger partial charge in [0.05, 0.1) is 31.6 Å². The topological polar surface area (TPSA) is 90.7 Å². The van der Waals surface area contributed by atoms with Crippen molar-refractivity contribution < 1.29 is 19.1 Å². The Bertz CT molecular complexity index is 1020. The fraction of sp³-hybridized carbons (Fsp3) is 0.333. The van der Waals surface area contributed by atoms with Crippen LogP contribution >= 0.6 is 27.3 Å². The monoisotopic (exact) mass is 478 g/mol. The molecule has 2 heterocycles. The molecule has 1 aliphatic heterocycles. The molecule has 0 spiro atoms. The molecule has 0 radical (unpaired) electrons. The Morgan fingerprint density at radius 3 is 2.72 bits per heavy atom. The summed E-state index contributed by atoms with van der Waals surface area (Å²) >= 11 is 5.16. The lowest BCUT2D eigenvalue weighted by Gasteiger charge is -2.31. The van der Waals surface area contributed by atoms with Crippen LogP contribution < -0.4 is 11.1 Å². The van der Waals surface area contributed by atoms with Gasteiger partial charge in [0.2, 0.25) is 0 Å². The molecule has 154 valence electrons. The van der Waals surface area contributed by atoms with Crippen molar-refractivity contribution in [2.45, 2.75) is 19.8 Å². The minimum absolute atomic E-state index is 0.0994.